The molecule has 2 aromatic rings. The molecule has 4 nitrogen and oxygen atoms in total. The molecular formula is C15H15F2NO3. The summed E-state index contributed by atoms with van der Waals surface area (Å²) >= 11 is 0. The monoisotopic (exact) mass is 295 g/mol. The lowest BCUT2D eigenvalue weighted by atomic mass is 10.1. The Morgan fingerprint density at radius 1 is 1.29 bits per heavy atom. The molecule has 1 aromatic carbocycles. The largest absolute Gasteiger partial charge is 0.469 e. The Bertz CT molecular complexity index is 593. The maximum atomic E-state index is 12.0. The molecule has 0 bridgehead atoms. The molecule has 21 heavy (non-hydrogen) atoms. The Balaban J connectivity index is 1.81. The van der Waals surface area contributed by atoms with Gasteiger partial charge >= 0.3 is 6.61 Å². The molecule has 6 heteroatoms. The SMILES string of the molecule is Cc1occc1C(=O)NCCc1ccc(OC(F)F)cc1. The van der Waals surface area contributed by atoms with Gasteiger partial charge in [0.05, 0.1) is 11.8 Å². The molecule has 0 unspecified atom stereocenters. The van der Waals surface area contributed by atoms with Gasteiger partial charge in [-0.25, -0.2) is 0 Å². The summed E-state index contributed by atoms with van der Waals surface area (Å²) in [5, 5.41) is 2.77. The van der Waals surface area contributed by atoms with Crippen LogP contribution in [-0.2, 0) is 6.42 Å². The van der Waals surface area contributed by atoms with E-state index in [1.54, 1.807) is 25.1 Å². The fourth-order valence-corrected chi connectivity index (χ4v) is 1.87. The highest BCUT2D eigenvalue weighted by molar-refractivity contribution is 5.94. The lowest BCUT2D eigenvalue weighted by Gasteiger charge is -2.07. The number of ether oxygens (including phenoxy) is 1. The molecule has 2 rings (SSSR count). The van der Waals surface area contributed by atoms with E-state index in [-0.39, 0.29) is 11.7 Å². The van der Waals surface area contributed by atoms with Crippen LogP contribution in [0.2, 0.25) is 0 Å². The van der Waals surface area contributed by atoms with Crippen LogP contribution in [0.15, 0.2) is 41.0 Å². The van der Waals surface area contributed by atoms with E-state index in [1.165, 1.54) is 18.4 Å². The second-order valence-corrected chi connectivity index (χ2v) is 4.42. The van der Waals surface area contributed by atoms with E-state index in [4.69, 9.17) is 4.42 Å². The Morgan fingerprint density at radius 2 is 2.00 bits per heavy atom. The van der Waals surface area contributed by atoms with Gasteiger partial charge in [0.25, 0.3) is 5.91 Å². The molecule has 0 fully saturated rings. The summed E-state index contributed by atoms with van der Waals surface area (Å²) in [5.41, 5.74) is 1.43. The number of nitrogens with one attached hydrogen (secondary N) is 1. The standard InChI is InChI=1S/C15H15F2NO3/c1-10-13(7-9-20-10)14(19)18-8-6-11-2-4-12(5-3-11)21-15(16)17/h2-5,7,9,15H,6,8H2,1H3,(H,18,19). The van der Waals surface area contributed by atoms with Crippen LogP contribution in [0.4, 0.5) is 8.78 Å². The first-order chi connectivity index (χ1) is 10.1. The number of aryl methyl sites for hydroxylation is 1. The maximum absolute atomic E-state index is 12.0. The average Bonchev–Trinajstić information content (AvgIpc) is 2.86. The van der Waals surface area contributed by atoms with E-state index in [2.05, 4.69) is 10.1 Å². The third-order valence-corrected chi connectivity index (χ3v) is 2.95. The van der Waals surface area contributed by atoms with Crippen molar-refractivity contribution in [1.29, 1.82) is 0 Å². The zero-order valence-corrected chi connectivity index (χ0v) is 11.4. The van der Waals surface area contributed by atoms with Crippen molar-refractivity contribution in [2.45, 2.75) is 20.0 Å². The van der Waals surface area contributed by atoms with Crippen LogP contribution < -0.4 is 10.1 Å². The van der Waals surface area contributed by atoms with Gasteiger partial charge < -0.3 is 14.5 Å². The zero-order chi connectivity index (χ0) is 15.2. The van der Waals surface area contributed by atoms with Crippen LogP contribution in [-0.4, -0.2) is 19.1 Å². The highest BCUT2D eigenvalue weighted by Crippen LogP contribution is 2.15. The number of benzene rings is 1. The van der Waals surface area contributed by atoms with Crippen molar-refractivity contribution in [2.75, 3.05) is 6.54 Å². The number of rotatable bonds is 6. The molecule has 0 aliphatic rings. The molecule has 0 saturated carbocycles. The lowest BCUT2D eigenvalue weighted by molar-refractivity contribution is -0.0498. The van der Waals surface area contributed by atoms with Crippen molar-refractivity contribution in [1.82, 2.24) is 5.32 Å². The summed E-state index contributed by atoms with van der Waals surface area (Å²) in [6.45, 7) is -0.664. The second kappa shape index (κ2) is 6.88. The molecule has 1 heterocycles. The lowest BCUT2D eigenvalue weighted by Crippen LogP contribution is -2.25. The van der Waals surface area contributed by atoms with Gasteiger partial charge in [0.2, 0.25) is 0 Å². The van der Waals surface area contributed by atoms with Crippen LogP contribution >= 0.6 is 0 Å². The number of furan rings is 1. The molecule has 1 N–H and O–H groups in total. The Labute approximate surface area is 120 Å². The highest BCUT2D eigenvalue weighted by Gasteiger charge is 2.10. The number of amides is 1. The van der Waals surface area contributed by atoms with Crippen molar-refractivity contribution in [3.05, 3.63) is 53.5 Å². The van der Waals surface area contributed by atoms with Gasteiger partial charge in [-0.05, 0) is 37.1 Å². The summed E-state index contributed by atoms with van der Waals surface area (Å²) in [5.74, 6) is 0.492. The van der Waals surface area contributed by atoms with Gasteiger partial charge in [-0.15, -0.1) is 0 Å². The molecule has 0 spiro atoms. The fourth-order valence-electron chi connectivity index (χ4n) is 1.87. The Kier molecular flexibility index (Phi) is 4.92. The van der Waals surface area contributed by atoms with Gasteiger partial charge in [-0.2, -0.15) is 8.78 Å². The summed E-state index contributed by atoms with van der Waals surface area (Å²) in [6.07, 6.45) is 2.06. The van der Waals surface area contributed by atoms with Crippen molar-refractivity contribution >= 4 is 5.91 Å². The van der Waals surface area contributed by atoms with E-state index >= 15 is 0 Å². The van der Waals surface area contributed by atoms with E-state index < -0.39 is 6.61 Å². The first-order valence-electron chi connectivity index (χ1n) is 6.42. The predicted molar refractivity (Wildman–Crippen MR) is 72.6 cm³/mol. The minimum atomic E-state index is -2.83. The van der Waals surface area contributed by atoms with E-state index in [0.29, 0.717) is 24.3 Å². The quantitative estimate of drug-likeness (QED) is 0.890. The van der Waals surface area contributed by atoms with Gasteiger partial charge in [-0.3, -0.25) is 4.79 Å². The normalized spacial score (nSPS) is 10.7. The van der Waals surface area contributed by atoms with Crippen LogP contribution in [0, 0.1) is 6.92 Å². The summed E-state index contributed by atoms with van der Waals surface area (Å²) in [4.78, 5) is 11.8. The predicted octanol–water partition coefficient (Wildman–Crippen LogP) is 3.16. The summed E-state index contributed by atoms with van der Waals surface area (Å²) in [7, 11) is 0. The Hall–Kier alpha value is -2.37. The van der Waals surface area contributed by atoms with E-state index in [1.807, 2.05) is 0 Å². The topological polar surface area (TPSA) is 51.5 Å². The molecule has 1 aromatic heterocycles. The third kappa shape index (κ3) is 4.30. The second-order valence-electron chi connectivity index (χ2n) is 4.42. The van der Waals surface area contributed by atoms with E-state index in [0.717, 1.165) is 5.56 Å². The van der Waals surface area contributed by atoms with Crippen molar-refractivity contribution in [3.8, 4) is 5.75 Å². The summed E-state index contributed by atoms with van der Waals surface area (Å²) < 4.78 is 33.3. The molecule has 0 aliphatic carbocycles. The van der Waals surface area contributed by atoms with E-state index in [9.17, 15) is 13.6 Å². The number of alkyl halides is 2. The zero-order valence-electron chi connectivity index (χ0n) is 11.4. The van der Waals surface area contributed by atoms with Crippen LogP contribution in [0.25, 0.3) is 0 Å². The van der Waals surface area contributed by atoms with Crippen molar-refractivity contribution in [3.63, 3.8) is 0 Å². The average molecular weight is 295 g/mol. The third-order valence-electron chi connectivity index (χ3n) is 2.95. The molecule has 0 saturated heterocycles. The maximum Gasteiger partial charge on any atom is 0.387 e. The number of hydrogen-bond acceptors (Lipinski definition) is 3. The molecule has 112 valence electrons. The van der Waals surface area contributed by atoms with Crippen molar-refractivity contribution < 1.29 is 22.7 Å². The van der Waals surface area contributed by atoms with Crippen LogP contribution in [0.3, 0.4) is 0 Å². The summed E-state index contributed by atoms with van der Waals surface area (Å²) in [6, 6.07) is 7.94. The first kappa shape index (κ1) is 15.0. The first-order valence-corrected chi connectivity index (χ1v) is 6.42. The van der Waals surface area contributed by atoms with Gasteiger partial charge in [0.15, 0.2) is 0 Å². The number of carbonyl (C=O) groups excluding carboxylic acids is 1. The van der Waals surface area contributed by atoms with Crippen LogP contribution in [0.1, 0.15) is 21.7 Å². The molecule has 0 atom stereocenters. The number of halogens is 2. The fraction of sp³-hybridized carbons (Fsp3) is 0.267. The minimum absolute atomic E-state index is 0.117. The smallest absolute Gasteiger partial charge is 0.387 e. The molecule has 1 amide bonds. The number of hydrogen-bond donors (Lipinski definition) is 1. The highest BCUT2D eigenvalue weighted by atomic mass is 19.3. The molecule has 0 aliphatic heterocycles. The molecule has 0 radical (unpaired) electrons. The van der Waals surface area contributed by atoms with Gasteiger partial charge in [0.1, 0.15) is 11.5 Å². The molecular weight excluding hydrogens is 280 g/mol. The van der Waals surface area contributed by atoms with Gasteiger partial charge in [-0.1, -0.05) is 12.1 Å². The van der Waals surface area contributed by atoms with Gasteiger partial charge in [0, 0.05) is 6.54 Å². The van der Waals surface area contributed by atoms with Crippen LogP contribution in [0.5, 0.6) is 5.75 Å². The Morgan fingerprint density at radius 3 is 2.57 bits per heavy atom. The minimum Gasteiger partial charge on any atom is -0.469 e. The number of carbonyl (C=O) groups is 1. The van der Waals surface area contributed by atoms with Crippen molar-refractivity contribution in [2.24, 2.45) is 0 Å².